The van der Waals surface area contributed by atoms with Gasteiger partial charge in [0, 0.05) is 23.6 Å². The SMILES string of the molecule is CC(C)C[C@@H](O)C(=O)N1CCc2nc(-c3ccc(Cl)cc3)[nH]c2C1. The molecule has 1 atom stereocenters. The minimum Gasteiger partial charge on any atom is -0.383 e. The van der Waals surface area contributed by atoms with E-state index in [1.165, 1.54) is 0 Å². The van der Waals surface area contributed by atoms with E-state index in [9.17, 15) is 9.90 Å². The molecule has 1 aliphatic heterocycles. The number of carbonyl (C=O) groups excluding carboxylic acids is 1. The van der Waals surface area contributed by atoms with Crippen LogP contribution in [0.5, 0.6) is 0 Å². The number of aliphatic hydroxyl groups is 1. The van der Waals surface area contributed by atoms with Crippen LogP contribution in [0, 0.1) is 5.92 Å². The predicted octanol–water partition coefficient (Wildman–Crippen LogP) is 3.02. The van der Waals surface area contributed by atoms with Gasteiger partial charge >= 0.3 is 0 Å². The molecule has 0 saturated heterocycles. The van der Waals surface area contributed by atoms with Gasteiger partial charge in [0.1, 0.15) is 11.9 Å². The zero-order chi connectivity index (χ0) is 17.3. The Bertz CT molecular complexity index is 724. The first-order valence-corrected chi connectivity index (χ1v) is 8.62. The van der Waals surface area contributed by atoms with Crippen molar-refractivity contribution in [2.75, 3.05) is 6.54 Å². The second kappa shape index (κ2) is 6.95. The maximum absolute atomic E-state index is 12.4. The lowest BCUT2D eigenvalue weighted by atomic mass is 10.0. The van der Waals surface area contributed by atoms with Crippen LogP contribution in [0.3, 0.4) is 0 Å². The number of aromatic nitrogens is 2. The lowest BCUT2D eigenvalue weighted by Gasteiger charge is -2.28. The highest BCUT2D eigenvalue weighted by Gasteiger charge is 2.28. The third-order valence-corrected chi connectivity index (χ3v) is 4.49. The van der Waals surface area contributed by atoms with E-state index in [0.717, 1.165) is 22.8 Å². The first-order valence-electron chi connectivity index (χ1n) is 8.24. The Labute approximate surface area is 146 Å². The Morgan fingerprint density at radius 2 is 2.08 bits per heavy atom. The highest BCUT2D eigenvalue weighted by molar-refractivity contribution is 6.30. The van der Waals surface area contributed by atoms with E-state index in [4.69, 9.17) is 11.6 Å². The number of carbonyl (C=O) groups is 1. The fourth-order valence-electron chi connectivity index (χ4n) is 2.98. The van der Waals surface area contributed by atoms with Gasteiger partial charge in [-0.15, -0.1) is 0 Å². The quantitative estimate of drug-likeness (QED) is 0.893. The fraction of sp³-hybridized carbons (Fsp3) is 0.444. The van der Waals surface area contributed by atoms with Crippen LogP contribution in [-0.2, 0) is 17.8 Å². The van der Waals surface area contributed by atoms with Gasteiger partial charge in [-0.05, 0) is 36.6 Å². The average Bonchev–Trinajstić information content (AvgIpc) is 2.97. The molecule has 1 aromatic carbocycles. The number of hydrogen-bond donors (Lipinski definition) is 2. The molecule has 0 spiro atoms. The van der Waals surface area contributed by atoms with Crippen molar-refractivity contribution in [1.29, 1.82) is 0 Å². The molecular weight excluding hydrogens is 326 g/mol. The van der Waals surface area contributed by atoms with Crippen molar-refractivity contribution < 1.29 is 9.90 Å². The third kappa shape index (κ3) is 3.62. The Hall–Kier alpha value is -1.85. The number of benzene rings is 1. The van der Waals surface area contributed by atoms with Crippen LogP contribution in [-0.4, -0.2) is 38.5 Å². The van der Waals surface area contributed by atoms with Crippen molar-refractivity contribution in [3.8, 4) is 11.4 Å². The van der Waals surface area contributed by atoms with Crippen LogP contribution in [0.1, 0.15) is 31.7 Å². The molecule has 3 rings (SSSR count). The molecule has 1 amide bonds. The smallest absolute Gasteiger partial charge is 0.251 e. The van der Waals surface area contributed by atoms with Gasteiger partial charge in [-0.1, -0.05) is 25.4 Å². The van der Waals surface area contributed by atoms with Crippen molar-refractivity contribution in [3.05, 3.63) is 40.7 Å². The summed E-state index contributed by atoms with van der Waals surface area (Å²) in [6, 6.07) is 7.50. The number of amides is 1. The summed E-state index contributed by atoms with van der Waals surface area (Å²) in [4.78, 5) is 22.0. The molecule has 0 bridgehead atoms. The summed E-state index contributed by atoms with van der Waals surface area (Å²) < 4.78 is 0. The molecule has 0 aliphatic carbocycles. The van der Waals surface area contributed by atoms with Gasteiger partial charge in [-0.2, -0.15) is 0 Å². The van der Waals surface area contributed by atoms with Crippen molar-refractivity contribution >= 4 is 17.5 Å². The molecule has 0 fully saturated rings. The molecule has 2 heterocycles. The molecule has 24 heavy (non-hydrogen) atoms. The number of nitrogens with zero attached hydrogens (tertiary/aromatic N) is 2. The first kappa shape index (κ1) is 17.0. The normalized spacial score (nSPS) is 15.5. The Balaban J connectivity index is 1.74. The maximum atomic E-state index is 12.4. The molecule has 5 nitrogen and oxygen atoms in total. The van der Waals surface area contributed by atoms with Gasteiger partial charge < -0.3 is 15.0 Å². The van der Waals surface area contributed by atoms with Gasteiger partial charge in [0.05, 0.1) is 17.9 Å². The van der Waals surface area contributed by atoms with Crippen LogP contribution in [0.25, 0.3) is 11.4 Å². The molecule has 0 radical (unpaired) electrons. The van der Waals surface area contributed by atoms with Gasteiger partial charge in [0.2, 0.25) is 0 Å². The molecule has 0 saturated carbocycles. The lowest BCUT2D eigenvalue weighted by Crippen LogP contribution is -2.42. The van der Waals surface area contributed by atoms with Crippen molar-refractivity contribution in [2.45, 2.75) is 39.3 Å². The first-order chi connectivity index (χ1) is 11.4. The van der Waals surface area contributed by atoms with E-state index in [2.05, 4.69) is 9.97 Å². The summed E-state index contributed by atoms with van der Waals surface area (Å²) in [5.74, 6) is 0.874. The van der Waals surface area contributed by atoms with E-state index in [-0.39, 0.29) is 11.8 Å². The highest BCUT2D eigenvalue weighted by atomic mass is 35.5. The largest absolute Gasteiger partial charge is 0.383 e. The number of rotatable bonds is 4. The van der Waals surface area contributed by atoms with Gasteiger partial charge in [0.25, 0.3) is 5.91 Å². The van der Waals surface area contributed by atoms with Crippen LogP contribution in [0.4, 0.5) is 0 Å². The molecule has 1 aliphatic rings. The van der Waals surface area contributed by atoms with Crippen molar-refractivity contribution in [1.82, 2.24) is 14.9 Å². The van der Waals surface area contributed by atoms with Gasteiger partial charge in [0.15, 0.2) is 0 Å². The van der Waals surface area contributed by atoms with E-state index < -0.39 is 6.10 Å². The van der Waals surface area contributed by atoms with E-state index >= 15 is 0 Å². The number of H-pyrrole nitrogens is 1. The topological polar surface area (TPSA) is 69.2 Å². The zero-order valence-electron chi connectivity index (χ0n) is 13.9. The van der Waals surface area contributed by atoms with Crippen LogP contribution >= 0.6 is 11.6 Å². The molecule has 6 heteroatoms. The molecule has 0 unspecified atom stereocenters. The summed E-state index contributed by atoms with van der Waals surface area (Å²) in [6.07, 6.45) is 0.256. The van der Waals surface area contributed by atoms with Gasteiger partial charge in [-0.25, -0.2) is 4.98 Å². The molecule has 2 aromatic rings. The highest BCUT2D eigenvalue weighted by Crippen LogP contribution is 2.24. The van der Waals surface area contributed by atoms with Crippen molar-refractivity contribution in [3.63, 3.8) is 0 Å². The number of fused-ring (bicyclic) bond motifs is 1. The Kier molecular flexibility index (Phi) is 4.92. The fourth-order valence-corrected chi connectivity index (χ4v) is 3.11. The minimum atomic E-state index is -0.926. The van der Waals surface area contributed by atoms with Crippen LogP contribution in [0.2, 0.25) is 5.02 Å². The maximum Gasteiger partial charge on any atom is 0.251 e. The predicted molar refractivity (Wildman–Crippen MR) is 93.6 cm³/mol. The van der Waals surface area contributed by atoms with Crippen molar-refractivity contribution in [2.24, 2.45) is 5.92 Å². The number of aliphatic hydroxyl groups excluding tert-OH is 1. The molecule has 128 valence electrons. The summed E-state index contributed by atoms with van der Waals surface area (Å²) >= 11 is 5.92. The zero-order valence-corrected chi connectivity index (χ0v) is 14.7. The standard InChI is InChI=1S/C18H22ClN3O2/c1-11(2)9-16(23)18(24)22-8-7-14-15(10-22)21-17(20-14)12-3-5-13(19)6-4-12/h3-6,11,16,23H,7-10H2,1-2H3,(H,20,21)/t16-/m1/s1. The summed E-state index contributed by atoms with van der Waals surface area (Å²) in [5, 5.41) is 10.8. The lowest BCUT2D eigenvalue weighted by molar-refractivity contribution is -0.142. The summed E-state index contributed by atoms with van der Waals surface area (Å²) in [7, 11) is 0. The number of nitrogens with one attached hydrogen (secondary N) is 1. The second-order valence-electron chi connectivity index (χ2n) is 6.67. The Morgan fingerprint density at radius 1 is 1.38 bits per heavy atom. The van der Waals surface area contributed by atoms with Crippen LogP contribution < -0.4 is 0 Å². The molecule has 2 N–H and O–H groups in total. The second-order valence-corrected chi connectivity index (χ2v) is 7.11. The third-order valence-electron chi connectivity index (χ3n) is 4.24. The van der Waals surface area contributed by atoms with E-state index in [0.29, 0.717) is 31.0 Å². The average molecular weight is 348 g/mol. The van der Waals surface area contributed by atoms with E-state index in [1.807, 2.05) is 38.1 Å². The number of imidazole rings is 1. The molecular formula is C18H22ClN3O2. The number of aromatic amines is 1. The minimum absolute atomic E-state index is 0.197. The number of hydrogen-bond acceptors (Lipinski definition) is 3. The monoisotopic (exact) mass is 347 g/mol. The summed E-state index contributed by atoms with van der Waals surface area (Å²) in [5.41, 5.74) is 2.89. The van der Waals surface area contributed by atoms with Gasteiger partial charge in [-0.3, -0.25) is 4.79 Å². The van der Waals surface area contributed by atoms with E-state index in [1.54, 1.807) is 4.90 Å². The summed E-state index contributed by atoms with van der Waals surface area (Å²) in [6.45, 7) is 5.05. The molecule has 1 aromatic heterocycles. The Morgan fingerprint density at radius 3 is 2.75 bits per heavy atom. The van der Waals surface area contributed by atoms with Crippen LogP contribution in [0.15, 0.2) is 24.3 Å². The number of halogens is 1.